The summed E-state index contributed by atoms with van der Waals surface area (Å²) in [6.45, 7) is 24.8. The van der Waals surface area contributed by atoms with E-state index in [2.05, 4.69) is 87.5 Å². The van der Waals surface area contributed by atoms with Gasteiger partial charge in [-0.1, -0.05) is 110 Å². The van der Waals surface area contributed by atoms with E-state index in [1.807, 2.05) is 0 Å². The van der Waals surface area contributed by atoms with E-state index in [1.54, 1.807) is 11.1 Å². The average Bonchev–Trinajstić information content (AvgIpc) is 3.69. The van der Waals surface area contributed by atoms with Crippen LogP contribution in [0.4, 0.5) is 0 Å². The monoisotopic (exact) mass is 771 g/mol. The van der Waals surface area contributed by atoms with E-state index in [1.165, 1.54) is 115 Å². The third-order valence-electron chi connectivity index (χ3n) is 20.3. The van der Waals surface area contributed by atoms with Gasteiger partial charge in [-0.2, -0.15) is 0 Å². The first-order valence-electron chi connectivity index (χ1n) is 24.9. The van der Waals surface area contributed by atoms with E-state index in [4.69, 9.17) is 0 Å². The molecular weight excluding hydrogens is 681 g/mol. The molecule has 8 aliphatic rings. The molecule has 0 saturated heterocycles. The number of hydrogen-bond acceptors (Lipinski definition) is 2. The molecule has 0 aromatic heterocycles. The van der Waals surface area contributed by atoms with Gasteiger partial charge in [-0.3, -0.25) is 0 Å². The highest BCUT2D eigenvalue weighted by Gasteiger charge is 2.60. The molecule has 2 N–H and O–H groups in total. The molecule has 8 aliphatic carbocycles. The van der Waals surface area contributed by atoms with Crippen LogP contribution in [0.3, 0.4) is 0 Å². The van der Waals surface area contributed by atoms with Gasteiger partial charge in [0.05, 0.1) is 12.2 Å². The minimum Gasteiger partial charge on any atom is -0.393 e. The molecule has 2 heteroatoms. The molecule has 2 nitrogen and oxygen atoms in total. The normalized spacial score (nSPS) is 46.3. The summed E-state index contributed by atoms with van der Waals surface area (Å²) in [5, 5.41) is 20.4. The molecule has 0 aromatic carbocycles. The van der Waals surface area contributed by atoms with Gasteiger partial charge in [0.15, 0.2) is 0 Å². The summed E-state index contributed by atoms with van der Waals surface area (Å²) in [5.74, 6) is 9.95. The topological polar surface area (TPSA) is 40.5 Å². The standard InChI is InChI=1S/C27H46O.C27H44O/c2*1-18(2)7-6-8-19(3)23-11-12-24-22-10-9-20-17-21(28)13-15-26(20,4)25(22)14-16-27(23,24)5/h9,18-19,21-25,28H,6-8,10-17H2,1-5H3;7,9,19,21-25,28H,6,8,10-17H2,1-5H3/t2*19-,21+,22?,23?,24?,25?,26+,27-/m11/s1. The third kappa shape index (κ3) is 7.91. The van der Waals surface area contributed by atoms with Crippen molar-refractivity contribution in [1.82, 2.24) is 0 Å². The largest absolute Gasteiger partial charge is 0.393 e. The van der Waals surface area contributed by atoms with E-state index in [-0.39, 0.29) is 12.2 Å². The summed E-state index contributed by atoms with van der Waals surface area (Å²) in [7, 11) is 0. The smallest absolute Gasteiger partial charge is 0.0577 e. The van der Waals surface area contributed by atoms with Crippen molar-refractivity contribution >= 4 is 0 Å². The summed E-state index contributed by atoms with van der Waals surface area (Å²) >= 11 is 0. The summed E-state index contributed by atoms with van der Waals surface area (Å²) in [6, 6.07) is 0. The average molecular weight is 771 g/mol. The number of allylic oxidation sites excluding steroid dienone is 4. The van der Waals surface area contributed by atoms with Gasteiger partial charge in [-0.15, -0.1) is 0 Å². The zero-order chi connectivity index (χ0) is 40.2. The van der Waals surface area contributed by atoms with Crippen LogP contribution in [0.5, 0.6) is 0 Å². The maximum Gasteiger partial charge on any atom is 0.0577 e. The quantitative estimate of drug-likeness (QED) is 0.229. The van der Waals surface area contributed by atoms with Crippen LogP contribution in [-0.2, 0) is 0 Å². The Morgan fingerprint density at radius 3 is 1.52 bits per heavy atom. The van der Waals surface area contributed by atoms with Crippen LogP contribution in [0.15, 0.2) is 34.9 Å². The number of fused-ring (bicyclic) bond motifs is 10. The Morgan fingerprint density at radius 2 is 1.07 bits per heavy atom. The molecule has 6 fully saturated rings. The third-order valence-corrected chi connectivity index (χ3v) is 20.3. The molecule has 0 aromatic rings. The Morgan fingerprint density at radius 1 is 0.607 bits per heavy atom. The zero-order valence-corrected chi connectivity index (χ0v) is 38.5. The molecular formula is C54H90O2. The Hall–Kier alpha value is -0.860. The second-order valence-electron chi connectivity index (χ2n) is 23.9. The highest BCUT2D eigenvalue weighted by atomic mass is 16.3. The van der Waals surface area contributed by atoms with Crippen LogP contribution in [0.2, 0.25) is 0 Å². The van der Waals surface area contributed by atoms with Crippen LogP contribution in [0.25, 0.3) is 0 Å². The predicted molar refractivity (Wildman–Crippen MR) is 238 cm³/mol. The number of aliphatic hydroxyl groups is 2. The highest BCUT2D eigenvalue weighted by Crippen LogP contribution is 2.69. The second kappa shape index (κ2) is 16.9. The van der Waals surface area contributed by atoms with Gasteiger partial charge >= 0.3 is 0 Å². The molecule has 16 atom stereocenters. The minimum absolute atomic E-state index is 0.0766. The Labute approximate surface area is 347 Å². The molecule has 0 spiro atoms. The molecule has 6 saturated carbocycles. The first-order chi connectivity index (χ1) is 26.5. The number of hydrogen-bond donors (Lipinski definition) is 2. The molecule has 8 rings (SSSR count). The van der Waals surface area contributed by atoms with Gasteiger partial charge < -0.3 is 10.2 Å². The van der Waals surface area contributed by atoms with E-state index in [0.29, 0.717) is 21.7 Å². The van der Waals surface area contributed by atoms with Crippen molar-refractivity contribution in [2.24, 2.45) is 86.8 Å². The summed E-state index contributed by atoms with van der Waals surface area (Å²) < 4.78 is 0. The SMILES string of the molecule is CC(C)=CCC[C@@H](C)C1CCC2C3CC=C4C[C@@H](O)CC[C@]4(C)C3CC[C@@]21C.CC(C)CCC[C@@H](C)C1CCC2C3CC=C4C[C@@H](O)CC[C@]4(C)C3CC[C@@]21C. The Bertz CT molecular complexity index is 1450. The maximum atomic E-state index is 10.2. The fourth-order valence-corrected chi connectivity index (χ4v) is 17.1. The van der Waals surface area contributed by atoms with E-state index >= 15 is 0 Å². The lowest BCUT2D eigenvalue weighted by Gasteiger charge is -2.58. The van der Waals surface area contributed by atoms with Crippen molar-refractivity contribution in [3.05, 3.63) is 34.9 Å². The van der Waals surface area contributed by atoms with Crippen molar-refractivity contribution in [2.45, 2.75) is 216 Å². The zero-order valence-electron chi connectivity index (χ0n) is 38.5. The molecule has 0 amide bonds. The van der Waals surface area contributed by atoms with Gasteiger partial charge in [0, 0.05) is 0 Å². The molecule has 8 unspecified atom stereocenters. The molecule has 0 radical (unpaired) electrons. The fraction of sp³-hybridized carbons (Fsp3) is 0.889. The maximum absolute atomic E-state index is 10.2. The lowest BCUT2D eigenvalue weighted by Crippen LogP contribution is -2.50. The van der Waals surface area contributed by atoms with Crippen LogP contribution in [-0.4, -0.2) is 22.4 Å². The van der Waals surface area contributed by atoms with Gasteiger partial charge in [0.2, 0.25) is 0 Å². The summed E-state index contributed by atoms with van der Waals surface area (Å²) in [4.78, 5) is 0. The molecule has 318 valence electrons. The number of aliphatic hydroxyl groups excluding tert-OH is 2. The van der Waals surface area contributed by atoms with Gasteiger partial charge in [-0.05, 0) is 216 Å². The first-order valence-corrected chi connectivity index (χ1v) is 24.9. The lowest BCUT2D eigenvalue weighted by atomic mass is 9.47. The molecule has 0 aliphatic heterocycles. The van der Waals surface area contributed by atoms with Gasteiger partial charge in [-0.25, -0.2) is 0 Å². The molecule has 0 bridgehead atoms. The Kier molecular flexibility index (Phi) is 13.0. The van der Waals surface area contributed by atoms with Crippen LogP contribution >= 0.6 is 0 Å². The lowest BCUT2D eigenvalue weighted by molar-refractivity contribution is -0.0573. The molecule has 56 heavy (non-hydrogen) atoms. The fourth-order valence-electron chi connectivity index (χ4n) is 17.1. The second-order valence-corrected chi connectivity index (χ2v) is 23.9. The van der Waals surface area contributed by atoms with E-state index in [0.717, 1.165) is 90.8 Å². The van der Waals surface area contributed by atoms with Gasteiger partial charge in [0.1, 0.15) is 0 Å². The highest BCUT2D eigenvalue weighted by molar-refractivity contribution is 5.27. The Balaban J connectivity index is 0.000000172. The number of rotatable bonds is 9. The van der Waals surface area contributed by atoms with Crippen LogP contribution < -0.4 is 0 Å². The first kappa shape index (κ1) is 43.2. The van der Waals surface area contributed by atoms with Crippen LogP contribution in [0, 0.1) is 86.8 Å². The van der Waals surface area contributed by atoms with Crippen molar-refractivity contribution in [2.75, 3.05) is 0 Å². The summed E-state index contributed by atoms with van der Waals surface area (Å²) in [5.41, 5.74) is 6.64. The van der Waals surface area contributed by atoms with Crippen molar-refractivity contribution < 1.29 is 10.2 Å². The van der Waals surface area contributed by atoms with Crippen LogP contribution in [0.1, 0.15) is 204 Å². The van der Waals surface area contributed by atoms with Gasteiger partial charge in [0.25, 0.3) is 0 Å². The molecule has 0 heterocycles. The van der Waals surface area contributed by atoms with Crippen molar-refractivity contribution in [3.8, 4) is 0 Å². The minimum atomic E-state index is -0.0813. The predicted octanol–water partition coefficient (Wildman–Crippen LogP) is 14.7. The van der Waals surface area contributed by atoms with E-state index < -0.39 is 0 Å². The summed E-state index contributed by atoms with van der Waals surface area (Å²) in [6.07, 6.45) is 35.0. The van der Waals surface area contributed by atoms with Crippen molar-refractivity contribution in [3.63, 3.8) is 0 Å². The van der Waals surface area contributed by atoms with E-state index in [9.17, 15) is 10.2 Å². The van der Waals surface area contributed by atoms with Crippen molar-refractivity contribution in [1.29, 1.82) is 0 Å².